The van der Waals surface area contributed by atoms with Gasteiger partial charge < -0.3 is 14.8 Å². The van der Waals surface area contributed by atoms with Gasteiger partial charge >= 0.3 is 0 Å². The van der Waals surface area contributed by atoms with Crippen LogP contribution in [0.1, 0.15) is 32.4 Å². The van der Waals surface area contributed by atoms with Crippen molar-refractivity contribution in [2.45, 2.75) is 33.3 Å². The number of furan rings is 1. The number of halogens is 1. The quantitative estimate of drug-likeness (QED) is 0.825. The van der Waals surface area contributed by atoms with E-state index < -0.39 is 0 Å². The van der Waals surface area contributed by atoms with E-state index in [2.05, 4.69) is 19.2 Å². The summed E-state index contributed by atoms with van der Waals surface area (Å²) in [5.41, 5.74) is 1.36. The van der Waals surface area contributed by atoms with Gasteiger partial charge in [0.2, 0.25) is 5.91 Å². The van der Waals surface area contributed by atoms with Crippen molar-refractivity contribution in [3.63, 3.8) is 0 Å². The van der Waals surface area contributed by atoms with Crippen LogP contribution in [0.2, 0.25) is 5.02 Å². The van der Waals surface area contributed by atoms with Gasteiger partial charge in [0.15, 0.2) is 0 Å². The van der Waals surface area contributed by atoms with E-state index in [1.807, 2.05) is 6.07 Å². The summed E-state index contributed by atoms with van der Waals surface area (Å²) in [5.74, 6) is 1.54. The first-order valence-corrected chi connectivity index (χ1v) is 7.66. The molecule has 0 unspecified atom stereocenters. The normalized spacial score (nSPS) is 11.0. The molecule has 0 aliphatic heterocycles. The molecule has 0 aliphatic rings. The highest BCUT2D eigenvalue weighted by Gasteiger charge is 2.10. The summed E-state index contributed by atoms with van der Waals surface area (Å²) in [4.78, 5) is 11.9. The fraction of sp³-hybridized carbons (Fsp3) is 0.353. The average Bonchev–Trinajstić information content (AvgIpc) is 2.96. The maximum Gasteiger partial charge on any atom is 0.224 e. The van der Waals surface area contributed by atoms with Gasteiger partial charge in [0, 0.05) is 12.0 Å². The Labute approximate surface area is 135 Å². The molecule has 2 rings (SSSR count). The molecule has 4 nitrogen and oxygen atoms in total. The number of aliphatic hydroxyl groups is 1. The summed E-state index contributed by atoms with van der Waals surface area (Å²) in [6.45, 7) is 4.01. The van der Waals surface area contributed by atoms with Crippen molar-refractivity contribution in [2.24, 2.45) is 5.92 Å². The molecule has 1 heterocycles. The topological polar surface area (TPSA) is 62.5 Å². The standard InChI is InChI=1S/C17H20ClNO3/c1-11(2)3-8-17(21)19-15-9-12(4-6-14(15)18)16-7-5-13(10-20)22-16/h4-7,9,11,20H,3,8,10H2,1-2H3,(H,19,21). The van der Waals surface area contributed by atoms with Crippen LogP contribution in [-0.4, -0.2) is 11.0 Å². The average molecular weight is 322 g/mol. The number of carbonyl (C=O) groups is 1. The number of rotatable bonds is 6. The molecule has 0 atom stereocenters. The molecule has 1 aromatic carbocycles. The Balaban J connectivity index is 2.14. The van der Waals surface area contributed by atoms with Crippen LogP contribution in [0.25, 0.3) is 11.3 Å². The molecule has 0 radical (unpaired) electrons. The molecule has 0 spiro atoms. The van der Waals surface area contributed by atoms with Gasteiger partial charge in [-0.3, -0.25) is 4.79 Å². The molecule has 1 amide bonds. The van der Waals surface area contributed by atoms with E-state index in [1.165, 1.54) is 0 Å². The lowest BCUT2D eigenvalue weighted by molar-refractivity contribution is -0.116. The van der Waals surface area contributed by atoms with E-state index in [9.17, 15) is 4.79 Å². The molecule has 5 heteroatoms. The van der Waals surface area contributed by atoms with Crippen LogP contribution in [0.4, 0.5) is 5.69 Å². The van der Waals surface area contributed by atoms with Crippen molar-refractivity contribution in [2.75, 3.05) is 5.32 Å². The van der Waals surface area contributed by atoms with Crippen LogP contribution in [-0.2, 0) is 11.4 Å². The molecule has 22 heavy (non-hydrogen) atoms. The number of aliphatic hydroxyl groups excluding tert-OH is 1. The Hall–Kier alpha value is -1.78. The minimum atomic E-state index is -0.146. The molecule has 2 N–H and O–H groups in total. The number of anilines is 1. The van der Waals surface area contributed by atoms with E-state index in [0.717, 1.165) is 12.0 Å². The van der Waals surface area contributed by atoms with Gasteiger partial charge in [0.1, 0.15) is 18.1 Å². The smallest absolute Gasteiger partial charge is 0.224 e. The van der Waals surface area contributed by atoms with Gasteiger partial charge in [0.05, 0.1) is 10.7 Å². The molecule has 0 saturated heterocycles. The van der Waals surface area contributed by atoms with Crippen LogP contribution in [0.5, 0.6) is 0 Å². The van der Waals surface area contributed by atoms with Crippen molar-refractivity contribution in [3.8, 4) is 11.3 Å². The number of amides is 1. The highest BCUT2D eigenvalue weighted by Crippen LogP contribution is 2.30. The van der Waals surface area contributed by atoms with Crippen molar-refractivity contribution in [1.82, 2.24) is 0 Å². The van der Waals surface area contributed by atoms with Crippen molar-refractivity contribution >= 4 is 23.2 Å². The molecular formula is C17H20ClNO3. The number of hydrogen-bond donors (Lipinski definition) is 2. The van der Waals surface area contributed by atoms with E-state index in [1.54, 1.807) is 24.3 Å². The largest absolute Gasteiger partial charge is 0.459 e. The first-order chi connectivity index (χ1) is 10.5. The van der Waals surface area contributed by atoms with E-state index in [0.29, 0.717) is 34.6 Å². The first-order valence-electron chi connectivity index (χ1n) is 7.29. The number of benzene rings is 1. The lowest BCUT2D eigenvalue weighted by Gasteiger charge is -2.09. The van der Waals surface area contributed by atoms with Gasteiger partial charge in [-0.1, -0.05) is 25.4 Å². The monoisotopic (exact) mass is 321 g/mol. The van der Waals surface area contributed by atoms with E-state index >= 15 is 0 Å². The SMILES string of the molecule is CC(C)CCC(=O)Nc1cc(-c2ccc(CO)o2)ccc1Cl. The second-order valence-corrected chi connectivity index (χ2v) is 6.01. The van der Waals surface area contributed by atoms with Gasteiger partial charge in [-0.2, -0.15) is 0 Å². The van der Waals surface area contributed by atoms with Crippen LogP contribution in [0.3, 0.4) is 0 Å². The number of carbonyl (C=O) groups excluding carboxylic acids is 1. The molecule has 2 aromatic rings. The number of nitrogens with one attached hydrogen (secondary N) is 1. The Bertz CT molecular complexity index is 649. The molecular weight excluding hydrogens is 302 g/mol. The van der Waals surface area contributed by atoms with E-state index in [4.69, 9.17) is 21.1 Å². The van der Waals surface area contributed by atoms with Crippen LogP contribution < -0.4 is 5.32 Å². The third-order valence-corrected chi connectivity index (χ3v) is 3.62. The zero-order valence-electron chi connectivity index (χ0n) is 12.7. The van der Waals surface area contributed by atoms with Gasteiger partial charge in [-0.05, 0) is 42.7 Å². The van der Waals surface area contributed by atoms with Crippen molar-refractivity contribution in [3.05, 3.63) is 41.1 Å². The first kappa shape index (κ1) is 16.6. The fourth-order valence-electron chi connectivity index (χ4n) is 2.02. The van der Waals surface area contributed by atoms with Gasteiger partial charge in [-0.15, -0.1) is 0 Å². The summed E-state index contributed by atoms with van der Waals surface area (Å²) < 4.78 is 5.49. The van der Waals surface area contributed by atoms with Gasteiger partial charge in [0.25, 0.3) is 0 Å². The third kappa shape index (κ3) is 4.36. The number of hydrogen-bond acceptors (Lipinski definition) is 3. The lowest BCUT2D eigenvalue weighted by atomic mass is 10.1. The highest BCUT2D eigenvalue weighted by molar-refractivity contribution is 6.33. The minimum Gasteiger partial charge on any atom is -0.459 e. The Morgan fingerprint density at radius 2 is 2.09 bits per heavy atom. The molecule has 0 bridgehead atoms. The zero-order chi connectivity index (χ0) is 16.1. The summed E-state index contributed by atoms with van der Waals surface area (Å²) in [7, 11) is 0. The van der Waals surface area contributed by atoms with Crippen molar-refractivity contribution < 1.29 is 14.3 Å². The molecule has 0 saturated carbocycles. The Kier molecular flexibility index (Phi) is 5.63. The maximum absolute atomic E-state index is 11.9. The van der Waals surface area contributed by atoms with Crippen LogP contribution >= 0.6 is 11.6 Å². The molecule has 118 valence electrons. The summed E-state index contributed by atoms with van der Waals surface area (Å²) >= 11 is 6.14. The highest BCUT2D eigenvalue weighted by atomic mass is 35.5. The van der Waals surface area contributed by atoms with E-state index in [-0.39, 0.29) is 12.5 Å². The fourth-order valence-corrected chi connectivity index (χ4v) is 2.19. The Morgan fingerprint density at radius 1 is 1.32 bits per heavy atom. The molecule has 0 aliphatic carbocycles. The van der Waals surface area contributed by atoms with Crippen LogP contribution in [0.15, 0.2) is 34.7 Å². The van der Waals surface area contributed by atoms with Crippen molar-refractivity contribution in [1.29, 1.82) is 0 Å². The predicted molar refractivity (Wildman–Crippen MR) is 87.8 cm³/mol. The second kappa shape index (κ2) is 7.47. The van der Waals surface area contributed by atoms with Crippen LogP contribution in [0, 0.1) is 5.92 Å². The lowest BCUT2D eigenvalue weighted by Crippen LogP contribution is -2.12. The summed E-state index contributed by atoms with van der Waals surface area (Å²) in [6.07, 6.45) is 1.30. The minimum absolute atomic E-state index is 0.0526. The zero-order valence-corrected chi connectivity index (χ0v) is 13.5. The predicted octanol–water partition coefficient (Wildman–Crippen LogP) is 4.47. The summed E-state index contributed by atoms with van der Waals surface area (Å²) in [5, 5.41) is 12.4. The maximum atomic E-state index is 11.9. The third-order valence-electron chi connectivity index (χ3n) is 3.29. The Morgan fingerprint density at radius 3 is 2.73 bits per heavy atom. The second-order valence-electron chi connectivity index (χ2n) is 5.60. The summed E-state index contributed by atoms with van der Waals surface area (Å²) in [6, 6.07) is 8.79. The van der Waals surface area contributed by atoms with Gasteiger partial charge in [-0.25, -0.2) is 0 Å². The molecule has 0 fully saturated rings. The molecule has 1 aromatic heterocycles.